The van der Waals surface area contributed by atoms with Crippen LogP contribution in [0.25, 0.3) is 0 Å². The van der Waals surface area contributed by atoms with Gasteiger partial charge < -0.3 is 35.0 Å². The Kier molecular flexibility index (Phi) is 7.86. The van der Waals surface area contributed by atoms with Crippen LogP contribution in [0.5, 0.6) is 5.75 Å². The van der Waals surface area contributed by atoms with Gasteiger partial charge in [0.05, 0.1) is 18.0 Å². The molecule has 0 aliphatic rings. The van der Waals surface area contributed by atoms with E-state index >= 15 is 0 Å². The average molecular weight is 384 g/mol. The van der Waals surface area contributed by atoms with Crippen molar-refractivity contribution in [1.82, 2.24) is 0 Å². The Balaban J connectivity index is 3.50. The molecule has 0 bridgehead atoms. The van der Waals surface area contributed by atoms with Gasteiger partial charge in [-0.1, -0.05) is 0 Å². The summed E-state index contributed by atoms with van der Waals surface area (Å²) in [5, 5.41) is 36.3. The SMILES string of the molecule is CCOc1ccc(N(CC(=O)O)CC(=O)O)c(N(CC(=O)O)CC(=O)O)c1. The van der Waals surface area contributed by atoms with Crippen molar-refractivity contribution in [2.45, 2.75) is 6.92 Å². The number of carboxylic acid groups (broad SMARTS) is 4. The molecule has 0 atom stereocenters. The predicted octanol–water partition coefficient (Wildman–Crippen LogP) is 0.0365. The Morgan fingerprint density at radius 1 is 0.778 bits per heavy atom. The zero-order valence-corrected chi connectivity index (χ0v) is 14.5. The Hall–Kier alpha value is -3.50. The summed E-state index contributed by atoms with van der Waals surface area (Å²) < 4.78 is 5.33. The highest BCUT2D eigenvalue weighted by Crippen LogP contribution is 2.33. The number of anilines is 2. The summed E-state index contributed by atoms with van der Waals surface area (Å²) in [5.41, 5.74) is 0.0963. The van der Waals surface area contributed by atoms with Crippen LogP contribution in [0, 0.1) is 0 Å². The highest BCUT2D eigenvalue weighted by molar-refractivity contribution is 5.87. The van der Waals surface area contributed by atoms with Crippen molar-refractivity contribution in [2.24, 2.45) is 0 Å². The molecule has 0 aromatic heterocycles. The minimum Gasteiger partial charge on any atom is -0.494 e. The number of rotatable bonds is 12. The van der Waals surface area contributed by atoms with Gasteiger partial charge in [-0.25, -0.2) is 0 Å². The number of aliphatic carboxylic acids is 4. The van der Waals surface area contributed by atoms with Crippen LogP contribution in [-0.4, -0.2) is 77.1 Å². The topological polar surface area (TPSA) is 165 Å². The maximum atomic E-state index is 11.1. The first-order valence-electron chi connectivity index (χ1n) is 7.78. The molecule has 0 amide bonds. The van der Waals surface area contributed by atoms with Gasteiger partial charge in [0.2, 0.25) is 0 Å². The third-order valence-electron chi connectivity index (χ3n) is 3.24. The average Bonchev–Trinajstić information content (AvgIpc) is 2.52. The van der Waals surface area contributed by atoms with Crippen LogP contribution in [0.2, 0.25) is 0 Å². The smallest absolute Gasteiger partial charge is 0.323 e. The second-order valence-corrected chi connectivity index (χ2v) is 5.37. The molecule has 1 aromatic carbocycles. The summed E-state index contributed by atoms with van der Waals surface area (Å²) in [5.74, 6) is -4.94. The third kappa shape index (κ3) is 7.10. The Morgan fingerprint density at radius 2 is 1.19 bits per heavy atom. The van der Waals surface area contributed by atoms with Crippen molar-refractivity contribution in [1.29, 1.82) is 0 Å². The van der Waals surface area contributed by atoms with E-state index in [-0.39, 0.29) is 18.0 Å². The number of benzene rings is 1. The van der Waals surface area contributed by atoms with E-state index in [1.807, 2.05) is 0 Å². The Labute approximate surface area is 154 Å². The zero-order chi connectivity index (χ0) is 20.6. The van der Waals surface area contributed by atoms with Crippen molar-refractivity contribution < 1.29 is 44.3 Å². The molecule has 4 N–H and O–H groups in total. The Morgan fingerprint density at radius 3 is 1.56 bits per heavy atom. The number of hydrogen-bond acceptors (Lipinski definition) is 7. The molecule has 0 unspecified atom stereocenters. The van der Waals surface area contributed by atoms with E-state index in [4.69, 9.17) is 25.2 Å². The lowest BCUT2D eigenvalue weighted by molar-refractivity contribution is -0.138. The van der Waals surface area contributed by atoms with E-state index in [0.717, 1.165) is 9.80 Å². The molecule has 11 nitrogen and oxygen atoms in total. The number of nitrogens with zero attached hydrogens (tertiary/aromatic N) is 2. The molecule has 11 heteroatoms. The van der Waals surface area contributed by atoms with Gasteiger partial charge in [0, 0.05) is 6.07 Å². The summed E-state index contributed by atoms with van der Waals surface area (Å²) in [4.78, 5) is 46.5. The summed E-state index contributed by atoms with van der Waals surface area (Å²) in [6.07, 6.45) is 0. The van der Waals surface area contributed by atoms with Gasteiger partial charge in [-0.15, -0.1) is 0 Å². The van der Waals surface area contributed by atoms with Gasteiger partial charge in [-0.2, -0.15) is 0 Å². The highest BCUT2D eigenvalue weighted by Gasteiger charge is 2.23. The summed E-state index contributed by atoms with van der Waals surface area (Å²) in [6, 6.07) is 4.17. The molecule has 0 radical (unpaired) electrons. The normalized spacial score (nSPS) is 10.1. The van der Waals surface area contributed by atoms with Crippen LogP contribution in [0.15, 0.2) is 18.2 Å². The van der Waals surface area contributed by atoms with Crippen molar-refractivity contribution in [3.05, 3.63) is 18.2 Å². The molecule has 27 heavy (non-hydrogen) atoms. The fourth-order valence-electron chi connectivity index (χ4n) is 2.39. The molecule has 0 aliphatic heterocycles. The van der Waals surface area contributed by atoms with E-state index in [9.17, 15) is 19.2 Å². The second-order valence-electron chi connectivity index (χ2n) is 5.37. The first-order chi connectivity index (χ1) is 12.6. The third-order valence-corrected chi connectivity index (χ3v) is 3.24. The Bertz CT molecular complexity index is 688. The van der Waals surface area contributed by atoms with E-state index in [0.29, 0.717) is 5.75 Å². The molecule has 0 saturated heterocycles. The van der Waals surface area contributed by atoms with E-state index in [1.165, 1.54) is 18.2 Å². The number of carboxylic acids is 4. The van der Waals surface area contributed by atoms with Gasteiger partial charge in [0.15, 0.2) is 0 Å². The monoisotopic (exact) mass is 384 g/mol. The lowest BCUT2D eigenvalue weighted by Crippen LogP contribution is -2.39. The van der Waals surface area contributed by atoms with Crippen molar-refractivity contribution in [2.75, 3.05) is 42.6 Å². The molecule has 1 rings (SSSR count). The zero-order valence-electron chi connectivity index (χ0n) is 14.5. The molecule has 1 aromatic rings. The van der Waals surface area contributed by atoms with Crippen LogP contribution >= 0.6 is 0 Å². The summed E-state index contributed by atoms with van der Waals surface area (Å²) in [7, 11) is 0. The van der Waals surface area contributed by atoms with Crippen LogP contribution in [-0.2, 0) is 19.2 Å². The molecular formula is C16H20N2O9. The van der Waals surface area contributed by atoms with Crippen LogP contribution < -0.4 is 14.5 Å². The van der Waals surface area contributed by atoms with Crippen LogP contribution in [0.3, 0.4) is 0 Å². The minimum atomic E-state index is -1.31. The lowest BCUT2D eigenvalue weighted by atomic mass is 10.2. The minimum absolute atomic E-state index is 0.0354. The van der Waals surface area contributed by atoms with Crippen molar-refractivity contribution in [3.8, 4) is 5.75 Å². The maximum Gasteiger partial charge on any atom is 0.323 e. The van der Waals surface area contributed by atoms with Crippen molar-refractivity contribution >= 4 is 35.3 Å². The van der Waals surface area contributed by atoms with E-state index < -0.39 is 50.1 Å². The summed E-state index contributed by atoms with van der Waals surface area (Å²) in [6.45, 7) is -0.750. The molecule has 0 heterocycles. The molecule has 148 valence electrons. The van der Waals surface area contributed by atoms with Gasteiger partial charge in [-0.3, -0.25) is 19.2 Å². The molecule has 0 aliphatic carbocycles. The number of hydrogen-bond donors (Lipinski definition) is 4. The second kappa shape index (κ2) is 9.85. The van der Waals surface area contributed by atoms with Crippen LogP contribution in [0.4, 0.5) is 11.4 Å². The first kappa shape index (κ1) is 21.5. The standard InChI is InChI=1S/C16H20N2O9/c1-2-27-10-3-4-11(17(6-13(19)20)7-14(21)22)12(5-10)18(8-15(23)24)9-16(25)26/h3-5H,2,6-9H2,1H3,(H,19,20)(H,21,22)(H,23,24)(H,25,26). The lowest BCUT2D eigenvalue weighted by Gasteiger charge is -2.29. The van der Waals surface area contributed by atoms with E-state index in [2.05, 4.69) is 0 Å². The fourth-order valence-corrected chi connectivity index (χ4v) is 2.39. The molecule has 0 fully saturated rings. The predicted molar refractivity (Wildman–Crippen MR) is 92.6 cm³/mol. The molecule has 0 saturated carbocycles. The van der Waals surface area contributed by atoms with Crippen LogP contribution in [0.1, 0.15) is 6.92 Å². The summed E-state index contributed by atoms with van der Waals surface area (Å²) >= 11 is 0. The molecular weight excluding hydrogens is 364 g/mol. The fraction of sp³-hybridized carbons (Fsp3) is 0.375. The van der Waals surface area contributed by atoms with Gasteiger partial charge >= 0.3 is 23.9 Å². The van der Waals surface area contributed by atoms with Gasteiger partial charge in [0.1, 0.15) is 31.9 Å². The highest BCUT2D eigenvalue weighted by atomic mass is 16.5. The first-order valence-corrected chi connectivity index (χ1v) is 7.78. The largest absolute Gasteiger partial charge is 0.494 e. The quantitative estimate of drug-likeness (QED) is 0.384. The maximum absolute atomic E-state index is 11.1. The van der Waals surface area contributed by atoms with Gasteiger partial charge in [-0.05, 0) is 19.1 Å². The van der Waals surface area contributed by atoms with Crippen molar-refractivity contribution in [3.63, 3.8) is 0 Å². The molecule has 0 spiro atoms. The van der Waals surface area contributed by atoms with E-state index in [1.54, 1.807) is 6.92 Å². The number of ether oxygens (including phenoxy) is 1. The van der Waals surface area contributed by atoms with Gasteiger partial charge in [0.25, 0.3) is 0 Å². The number of carbonyl (C=O) groups is 4.